The second-order valence-electron chi connectivity index (χ2n) is 5.13. The largest absolute Gasteiger partial charge is 0.330 e. The first-order valence-electron chi connectivity index (χ1n) is 6.93. The van der Waals surface area contributed by atoms with Gasteiger partial charge in [0.25, 0.3) is 0 Å². The molecule has 0 aliphatic rings. The molecule has 1 heterocycles. The van der Waals surface area contributed by atoms with Crippen molar-refractivity contribution in [1.29, 1.82) is 0 Å². The van der Waals surface area contributed by atoms with Crippen molar-refractivity contribution in [1.82, 2.24) is 20.2 Å². The Hall–Kier alpha value is -2.28. The Bertz CT molecular complexity index is 609. The molecule has 0 spiro atoms. The number of aryl methyl sites for hydroxylation is 1. The van der Waals surface area contributed by atoms with Gasteiger partial charge in [0.15, 0.2) is 5.82 Å². The number of nitrogens with zero attached hydrogens (tertiary/aromatic N) is 4. The number of hydrogen-bond acceptors (Lipinski definition) is 5. The van der Waals surface area contributed by atoms with Crippen LogP contribution < -0.4 is 11.1 Å². The monoisotopic (exact) mass is 288 g/mol. The fraction of sp³-hybridized carbons (Fsp3) is 0.429. The molecule has 1 unspecified atom stereocenters. The third-order valence-electron chi connectivity index (χ3n) is 3.29. The molecule has 2 aromatic rings. The first-order valence-corrected chi connectivity index (χ1v) is 6.93. The minimum Gasteiger partial charge on any atom is -0.330 e. The number of nitrogens with two attached hydrogens (primary N) is 1. The summed E-state index contributed by atoms with van der Waals surface area (Å²) >= 11 is 0. The highest BCUT2D eigenvalue weighted by molar-refractivity contribution is 5.91. The SMILES string of the molecule is CC(CN)CCC(=O)Nc1cccc(-c2nnnn2C)c1. The quantitative estimate of drug-likeness (QED) is 0.832. The predicted octanol–water partition coefficient (Wildman–Crippen LogP) is 1.19. The lowest BCUT2D eigenvalue weighted by atomic mass is 10.1. The zero-order valence-electron chi connectivity index (χ0n) is 12.3. The standard InChI is InChI=1S/C14H20N6O/c1-10(9-15)6-7-13(21)16-12-5-3-4-11(8-12)14-17-18-19-20(14)2/h3-5,8,10H,6-7,9,15H2,1-2H3,(H,16,21). The number of carbonyl (C=O) groups is 1. The van der Waals surface area contributed by atoms with E-state index in [0.717, 1.165) is 17.7 Å². The van der Waals surface area contributed by atoms with E-state index in [1.54, 1.807) is 11.7 Å². The number of amides is 1. The molecule has 1 atom stereocenters. The molecule has 0 saturated carbocycles. The zero-order chi connectivity index (χ0) is 15.2. The summed E-state index contributed by atoms with van der Waals surface area (Å²) in [6.45, 7) is 2.64. The van der Waals surface area contributed by atoms with Crippen LogP contribution in [0.4, 0.5) is 5.69 Å². The van der Waals surface area contributed by atoms with Crippen molar-refractivity contribution in [2.24, 2.45) is 18.7 Å². The Kier molecular flexibility index (Phi) is 4.99. The first-order chi connectivity index (χ1) is 10.1. The minimum absolute atomic E-state index is 0.0106. The molecule has 0 aliphatic carbocycles. The highest BCUT2D eigenvalue weighted by Gasteiger charge is 2.09. The van der Waals surface area contributed by atoms with Crippen LogP contribution >= 0.6 is 0 Å². The molecule has 7 nitrogen and oxygen atoms in total. The Labute approximate surface area is 123 Å². The molecule has 21 heavy (non-hydrogen) atoms. The van der Waals surface area contributed by atoms with Gasteiger partial charge in [-0.15, -0.1) is 5.10 Å². The van der Waals surface area contributed by atoms with Crippen molar-refractivity contribution >= 4 is 11.6 Å². The zero-order valence-corrected chi connectivity index (χ0v) is 12.3. The highest BCUT2D eigenvalue weighted by atomic mass is 16.1. The van der Waals surface area contributed by atoms with Crippen molar-refractivity contribution < 1.29 is 4.79 Å². The summed E-state index contributed by atoms with van der Waals surface area (Å²) in [6, 6.07) is 7.47. The van der Waals surface area contributed by atoms with E-state index >= 15 is 0 Å². The minimum atomic E-state index is -0.0106. The van der Waals surface area contributed by atoms with Gasteiger partial charge in [-0.3, -0.25) is 4.79 Å². The van der Waals surface area contributed by atoms with Gasteiger partial charge in [-0.1, -0.05) is 19.1 Å². The van der Waals surface area contributed by atoms with Crippen LogP contribution in [0.2, 0.25) is 0 Å². The number of benzene rings is 1. The first kappa shape index (κ1) is 15.1. The van der Waals surface area contributed by atoms with E-state index in [9.17, 15) is 4.79 Å². The Morgan fingerprint density at radius 3 is 2.95 bits per heavy atom. The molecular weight excluding hydrogens is 268 g/mol. The smallest absolute Gasteiger partial charge is 0.224 e. The van der Waals surface area contributed by atoms with Gasteiger partial charge in [-0.05, 0) is 41.4 Å². The lowest BCUT2D eigenvalue weighted by molar-refractivity contribution is -0.116. The summed E-state index contributed by atoms with van der Waals surface area (Å²) in [7, 11) is 1.77. The van der Waals surface area contributed by atoms with Crippen LogP contribution in [-0.4, -0.2) is 32.7 Å². The van der Waals surface area contributed by atoms with Gasteiger partial charge in [0.05, 0.1) is 0 Å². The van der Waals surface area contributed by atoms with Crippen molar-refractivity contribution in [3.63, 3.8) is 0 Å². The Morgan fingerprint density at radius 1 is 1.48 bits per heavy atom. The molecule has 3 N–H and O–H groups in total. The van der Waals surface area contributed by atoms with Gasteiger partial charge in [-0.25, -0.2) is 4.68 Å². The lowest BCUT2D eigenvalue weighted by Gasteiger charge is -2.09. The summed E-state index contributed by atoms with van der Waals surface area (Å²) in [5.74, 6) is 0.998. The predicted molar refractivity (Wildman–Crippen MR) is 80.3 cm³/mol. The number of rotatable bonds is 6. The van der Waals surface area contributed by atoms with E-state index in [0.29, 0.717) is 24.7 Å². The average molecular weight is 288 g/mol. The number of hydrogen-bond donors (Lipinski definition) is 2. The van der Waals surface area contributed by atoms with E-state index < -0.39 is 0 Å². The van der Waals surface area contributed by atoms with E-state index in [4.69, 9.17) is 5.73 Å². The molecule has 0 radical (unpaired) electrons. The Morgan fingerprint density at radius 2 is 2.29 bits per heavy atom. The fourth-order valence-electron chi connectivity index (χ4n) is 1.93. The summed E-state index contributed by atoms with van der Waals surface area (Å²) in [5, 5.41) is 14.2. The van der Waals surface area contributed by atoms with Crippen molar-refractivity contribution in [2.45, 2.75) is 19.8 Å². The number of tetrazole rings is 1. The molecule has 7 heteroatoms. The van der Waals surface area contributed by atoms with Gasteiger partial charge < -0.3 is 11.1 Å². The maximum Gasteiger partial charge on any atom is 0.224 e. The third kappa shape index (κ3) is 4.09. The van der Waals surface area contributed by atoms with Crippen LogP contribution in [0.1, 0.15) is 19.8 Å². The summed E-state index contributed by atoms with van der Waals surface area (Å²) in [6.07, 6.45) is 1.25. The molecule has 1 aromatic carbocycles. The number of carbonyl (C=O) groups excluding carboxylic acids is 1. The van der Waals surface area contributed by atoms with Crippen molar-refractivity contribution in [2.75, 3.05) is 11.9 Å². The number of aromatic nitrogens is 4. The van der Waals surface area contributed by atoms with Gasteiger partial charge in [-0.2, -0.15) is 0 Å². The van der Waals surface area contributed by atoms with Gasteiger partial charge in [0.2, 0.25) is 5.91 Å². The molecule has 112 valence electrons. The van der Waals surface area contributed by atoms with Gasteiger partial charge in [0, 0.05) is 24.7 Å². The molecule has 0 aliphatic heterocycles. The molecule has 1 amide bonds. The maximum atomic E-state index is 11.9. The normalized spacial score (nSPS) is 12.1. The van der Waals surface area contributed by atoms with Crippen LogP contribution in [0.15, 0.2) is 24.3 Å². The second-order valence-corrected chi connectivity index (χ2v) is 5.13. The molecule has 1 aromatic heterocycles. The van der Waals surface area contributed by atoms with Crippen LogP contribution in [-0.2, 0) is 11.8 Å². The molecular formula is C14H20N6O. The highest BCUT2D eigenvalue weighted by Crippen LogP contribution is 2.19. The van der Waals surface area contributed by atoms with E-state index in [1.165, 1.54) is 0 Å². The van der Waals surface area contributed by atoms with Crippen LogP contribution in [0.25, 0.3) is 11.4 Å². The van der Waals surface area contributed by atoms with Crippen LogP contribution in [0.3, 0.4) is 0 Å². The van der Waals surface area contributed by atoms with Crippen LogP contribution in [0, 0.1) is 5.92 Å². The van der Waals surface area contributed by atoms with Crippen molar-refractivity contribution in [3.8, 4) is 11.4 Å². The Balaban J connectivity index is 2.02. The summed E-state index contributed by atoms with van der Waals surface area (Å²) < 4.78 is 1.59. The van der Waals surface area contributed by atoms with Crippen LogP contribution in [0.5, 0.6) is 0 Å². The molecule has 2 rings (SSSR count). The average Bonchev–Trinajstić information content (AvgIpc) is 2.91. The third-order valence-corrected chi connectivity index (χ3v) is 3.29. The summed E-state index contributed by atoms with van der Waals surface area (Å²) in [4.78, 5) is 11.9. The van der Waals surface area contributed by atoms with Crippen molar-refractivity contribution in [3.05, 3.63) is 24.3 Å². The maximum absolute atomic E-state index is 11.9. The molecule has 0 bridgehead atoms. The number of nitrogens with one attached hydrogen (secondary N) is 1. The van der Waals surface area contributed by atoms with E-state index in [-0.39, 0.29) is 5.91 Å². The van der Waals surface area contributed by atoms with Gasteiger partial charge >= 0.3 is 0 Å². The fourth-order valence-corrected chi connectivity index (χ4v) is 1.93. The topological polar surface area (TPSA) is 98.7 Å². The number of anilines is 1. The molecule has 0 saturated heterocycles. The second kappa shape index (κ2) is 6.94. The van der Waals surface area contributed by atoms with Gasteiger partial charge in [0.1, 0.15) is 0 Å². The van der Waals surface area contributed by atoms with E-state index in [1.807, 2.05) is 31.2 Å². The van der Waals surface area contributed by atoms with E-state index in [2.05, 4.69) is 20.8 Å². The summed E-state index contributed by atoms with van der Waals surface area (Å²) in [5.41, 5.74) is 7.14. The molecule has 0 fully saturated rings. The lowest BCUT2D eigenvalue weighted by Crippen LogP contribution is -2.16.